The second-order valence-corrected chi connectivity index (χ2v) is 10.2. The van der Waals surface area contributed by atoms with Crippen LogP contribution in [0.3, 0.4) is 0 Å². The Bertz CT molecular complexity index is 1210. The van der Waals surface area contributed by atoms with Gasteiger partial charge in [-0.3, -0.25) is 9.88 Å². The Labute approximate surface area is 217 Å². The molecule has 2 aliphatic rings. The standard InChI is InChI=1S/C27H32ClN5OS/c1-18-7-8-21(28)17-24(18)33-19(2)16-22(20(33)3)26-25(23-6-4-5-9-29-23)30-27(35)32(26)11-10-31-12-14-34-15-13-31/h4-9,16-17,25-26H,10-15H2,1-3H3,(H,30,35)/t25-,26-/m1/s1. The van der Waals surface area contributed by atoms with Crippen LogP contribution in [0.4, 0.5) is 0 Å². The number of nitrogens with one attached hydrogen (secondary N) is 1. The highest BCUT2D eigenvalue weighted by Gasteiger charge is 2.41. The molecule has 0 radical (unpaired) electrons. The zero-order valence-corrected chi connectivity index (χ0v) is 22.1. The van der Waals surface area contributed by atoms with Gasteiger partial charge in [0.15, 0.2) is 5.11 Å². The molecule has 8 heteroatoms. The first kappa shape index (κ1) is 24.3. The number of hydrogen-bond acceptors (Lipinski definition) is 4. The zero-order chi connectivity index (χ0) is 24.5. The van der Waals surface area contributed by atoms with E-state index in [9.17, 15) is 0 Å². The van der Waals surface area contributed by atoms with Crippen LogP contribution in [0, 0.1) is 20.8 Å². The monoisotopic (exact) mass is 509 g/mol. The molecule has 2 aromatic heterocycles. The summed E-state index contributed by atoms with van der Waals surface area (Å²) < 4.78 is 7.85. The number of ether oxygens (including phenoxy) is 1. The van der Waals surface area contributed by atoms with E-state index in [1.807, 2.05) is 30.5 Å². The van der Waals surface area contributed by atoms with E-state index in [1.54, 1.807) is 0 Å². The highest BCUT2D eigenvalue weighted by Crippen LogP contribution is 2.41. The number of rotatable bonds is 6. The predicted octanol–water partition coefficient (Wildman–Crippen LogP) is 4.76. The van der Waals surface area contributed by atoms with Gasteiger partial charge in [-0.25, -0.2) is 0 Å². The topological polar surface area (TPSA) is 45.6 Å². The molecule has 0 amide bonds. The fraction of sp³-hybridized carbons (Fsp3) is 0.407. The summed E-state index contributed by atoms with van der Waals surface area (Å²) in [5.41, 5.74) is 6.93. The van der Waals surface area contributed by atoms with Crippen LogP contribution in [0.5, 0.6) is 0 Å². The third kappa shape index (κ3) is 4.83. The lowest BCUT2D eigenvalue weighted by molar-refractivity contribution is 0.0350. The number of aromatic nitrogens is 2. The Kier molecular flexibility index (Phi) is 7.12. The van der Waals surface area contributed by atoms with Gasteiger partial charge in [0.1, 0.15) is 0 Å². The molecule has 2 aliphatic heterocycles. The minimum absolute atomic E-state index is 0.0252. The van der Waals surface area contributed by atoms with Crippen molar-refractivity contribution in [1.82, 2.24) is 24.7 Å². The predicted molar refractivity (Wildman–Crippen MR) is 144 cm³/mol. The number of aryl methyl sites for hydroxylation is 2. The van der Waals surface area contributed by atoms with Gasteiger partial charge in [0, 0.05) is 54.5 Å². The SMILES string of the molecule is Cc1ccc(Cl)cc1-n1c(C)cc([C@@H]2[C@@H](c3ccccn3)NC(=S)N2CCN2CCOCC2)c1C. The lowest BCUT2D eigenvalue weighted by atomic mass is 9.96. The van der Waals surface area contributed by atoms with Crippen molar-refractivity contribution < 1.29 is 4.74 Å². The van der Waals surface area contributed by atoms with Gasteiger partial charge in [-0.2, -0.15) is 0 Å². The summed E-state index contributed by atoms with van der Waals surface area (Å²) >= 11 is 12.3. The minimum Gasteiger partial charge on any atom is -0.379 e. The smallest absolute Gasteiger partial charge is 0.170 e. The van der Waals surface area contributed by atoms with Gasteiger partial charge in [-0.1, -0.05) is 23.7 Å². The van der Waals surface area contributed by atoms with Crippen molar-refractivity contribution in [2.45, 2.75) is 32.9 Å². The van der Waals surface area contributed by atoms with Crippen LogP contribution in [0.2, 0.25) is 5.02 Å². The first-order valence-electron chi connectivity index (χ1n) is 12.2. The van der Waals surface area contributed by atoms with Gasteiger partial charge in [0.25, 0.3) is 0 Å². The second kappa shape index (κ2) is 10.3. The van der Waals surface area contributed by atoms with Crippen molar-refractivity contribution in [3.05, 3.63) is 81.9 Å². The molecule has 6 nitrogen and oxygen atoms in total. The fourth-order valence-electron chi connectivity index (χ4n) is 5.34. The molecule has 4 heterocycles. The number of nitrogens with zero attached hydrogens (tertiary/aromatic N) is 4. The van der Waals surface area contributed by atoms with E-state index in [-0.39, 0.29) is 12.1 Å². The molecule has 5 rings (SSSR count). The summed E-state index contributed by atoms with van der Waals surface area (Å²) in [5.74, 6) is 0. The Morgan fingerprint density at radius 1 is 1.09 bits per heavy atom. The van der Waals surface area contributed by atoms with Gasteiger partial charge >= 0.3 is 0 Å². The molecule has 1 aromatic carbocycles. The lowest BCUT2D eigenvalue weighted by Gasteiger charge is -2.32. The molecule has 0 bridgehead atoms. The molecule has 3 aromatic rings. The summed E-state index contributed by atoms with van der Waals surface area (Å²) in [7, 11) is 0. The van der Waals surface area contributed by atoms with E-state index in [0.717, 1.165) is 60.9 Å². The normalized spacial score (nSPS) is 20.9. The van der Waals surface area contributed by atoms with Crippen LogP contribution in [-0.2, 0) is 4.74 Å². The molecule has 184 valence electrons. The Morgan fingerprint density at radius 2 is 1.89 bits per heavy atom. The molecule has 2 saturated heterocycles. The quantitative estimate of drug-likeness (QED) is 0.484. The van der Waals surface area contributed by atoms with E-state index in [4.69, 9.17) is 33.5 Å². The molecule has 0 spiro atoms. The van der Waals surface area contributed by atoms with Crippen molar-refractivity contribution in [3.63, 3.8) is 0 Å². The van der Waals surface area contributed by atoms with Crippen LogP contribution in [0.15, 0.2) is 48.7 Å². The van der Waals surface area contributed by atoms with Gasteiger partial charge in [0.05, 0.1) is 31.0 Å². The summed E-state index contributed by atoms with van der Waals surface area (Å²) in [6.07, 6.45) is 1.85. The van der Waals surface area contributed by atoms with Crippen LogP contribution in [0.25, 0.3) is 5.69 Å². The highest BCUT2D eigenvalue weighted by atomic mass is 35.5. The van der Waals surface area contributed by atoms with Gasteiger partial charge in [-0.05, 0) is 74.4 Å². The van der Waals surface area contributed by atoms with Crippen LogP contribution < -0.4 is 5.32 Å². The third-order valence-corrected chi connectivity index (χ3v) is 7.75. The summed E-state index contributed by atoms with van der Waals surface area (Å²) in [4.78, 5) is 9.50. The maximum atomic E-state index is 6.40. The zero-order valence-electron chi connectivity index (χ0n) is 20.5. The Hall–Kier alpha value is -2.45. The van der Waals surface area contributed by atoms with E-state index in [1.165, 1.54) is 22.5 Å². The van der Waals surface area contributed by atoms with E-state index in [2.05, 4.69) is 58.7 Å². The average molecular weight is 510 g/mol. The molecule has 2 fully saturated rings. The first-order valence-corrected chi connectivity index (χ1v) is 13.0. The molecule has 0 unspecified atom stereocenters. The van der Waals surface area contributed by atoms with E-state index < -0.39 is 0 Å². The maximum absolute atomic E-state index is 6.40. The number of morpholine rings is 1. The molecule has 35 heavy (non-hydrogen) atoms. The fourth-order valence-corrected chi connectivity index (χ4v) is 5.84. The van der Waals surface area contributed by atoms with Crippen molar-refractivity contribution in [1.29, 1.82) is 0 Å². The molecular weight excluding hydrogens is 478 g/mol. The number of thiocarbonyl (C=S) groups is 1. The van der Waals surface area contributed by atoms with Crippen molar-refractivity contribution >= 4 is 28.9 Å². The van der Waals surface area contributed by atoms with Crippen molar-refractivity contribution in [3.8, 4) is 5.69 Å². The summed E-state index contributed by atoms with van der Waals surface area (Å²) in [6.45, 7) is 11.8. The molecule has 0 saturated carbocycles. The average Bonchev–Trinajstić information content (AvgIpc) is 3.35. The number of halogens is 1. The highest BCUT2D eigenvalue weighted by molar-refractivity contribution is 7.80. The molecular formula is C27H32ClN5OS. The van der Waals surface area contributed by atoms with E-state index >= 15 is 0 Å². The largest absolute Gasteiger partial charge is 0.379 e. The van der Waals surface area contributed by atoms with Gasteiger partial charge in [0.2, 0.25) is 0 Å². The Morgan fingerprint density at radius 3 is 2.63 bits per heavy atom. The van der Waals surface area contributed by atoms with Crippen LogP contribution in [-0.4, -0.2) is 63.9 Å². The first-order chi connectivity index (χ1) is 16.9. The van der Waals surface area contributed by atoms with Gasteiger partial charge in [-0.15, -0.1) is 0 Å². The third-order valence-electron chi connectivity index (χ3n) is 7.16. The lowest BCUT2D eigenvalue weighted by Crippen LogP contribution is -2.42. The maximum Gasteiger partial charge on any atom is 0.170 e. The second-order valence-electron chi connectivity index (χ2n) is 9.37. The van der Waals surface area contributed by atoms with E-state index in [0.29, 0.717) is 0 Å². The number of pyridine rings is 1. The van der Waals surface area contributed by atoms with Crippen LogP contribution >= 0.6 is 23.8 Å². The van der Waals surface area contributed by atoms with Crippen molar-refractivity contribution in [2.75, 3.05) is 39.4 Å². The minimum atomic E-state index is -0.0252. The van der Waals surface area contributed by atoms with Gasteiger partial charge < -0.3 is 19.5 Å². The summed E-state index contributed by atoms with van der Waals surface area (Å²) in [5, 5.41) is 5.11. The Balaban J connectivity index is 1.55. The number of benzene rings is 1. The summed E-state index contributed by atoms with van der Waals surface area (Å²) in [6, 6.07) is 14.5. The van der Waals surface area contributed by atoms with Crippen LogP contribution in [0.1, 0.15) is 40.3 Å². The molecule has 1 N–H and O–H groups in total. The molecule has 2 atom stereocenters. The number of hydrogen-bond donors (Lipinski definition) is 1. The van der Waals surface area contributed by atoms with Crippen molar-refractivity contribution in [2.24, 2.45) is 0 Å². The molecule has 0 aliphatic carbocycles.